The number of nitrogens with two attached hydrogens (primary N) is 1. The molecule has 0 spiro atoms. The summed E-state index contributed by atoms with van der Waals surface area (Å²) in [6, 6.07) is 6.45. The number of hydrogen-bond acceptors (Lipinski definition) is 5. The van der Waals surface area contributed by atoms with E-state index in [2.05, 4.69) is 41.4 Å². The van der Waals surface area contributed by atoms with Gasteiger partial charge in [0.15, 0.2) is 4.34 Å². The van der Waals surface area contributed by atoms with Gasteiger partial charge in [-0.05, 0) is 49.0 Å². The SMILES string of the molecule is Cc1nsc(SCC(N)c2ccc(C)c(C)c2)n1. The Morgan fingerprint density at radius 1 is 1.28 bits per heavy atom. The van der Waals surface area contributed by atoms with E-state index < -0.39 is 0 Å². The second-order valence-corrected chi connectivity index (χ2v) is 6.39. The third-order valence-electron chi connectivity index (χ3n) is 2.85. The third kappa shape index (κ3) is 3.31. The van der Waals surface area contributed by atoms with Crippen molar-refractivity contribution < 1.29 is 0 Å². The van der Waals surface area contributed by atoms with Crippen molar-refractivity contribution in [3.05, 3.63) is 40.7 Å². The van der Waals surface area contributed by atoms with Crippen molar-refractivity contribution >= 4 is 23.3 Å². The normalized spacial score (nSPS) is 12.7. The molecule has 0 aliphatic heterocycles. The highest BCUT2D eigenvalue weighted by Crippen LogP contribution is 2.25. The van der Waals surface area contributed by atoms with Crippen molar-refractivity contribution in [1.82, 2.24) is 9.36 Å². The van der Waals surface area contributed by atoms with Gasteiger partial charge in [-0.25, -0.2) is 4.98 Å². The quantitative estimate of drug-likeness (QED) is 0.873. The van der Waals surface area contributed by atoms with Gasteiger partial charge in [0.05, 0.1) is 0 Å². The lowest BCUT2D eigenvalue weighted by Gasteiger charge is -2.12. The first-order chi connectivity index (χ1) is 8.56. The Balaban J connectivity index is 1.99. The number of aryl methyl sites for hydroxylation is 3. The monoisotopic (exact) mass is 279 g/mol. The van der Waals surface area contributed by atoms with Crippen molar-refractivity contribution in [3.63, 3.8) is 0 Å². The van der Waals surface area contributed by atoms with Crippen LogP contribution in [0.5, 0.6) is 0 Å². The van der Waals surface area contributed by atoms with Crippen molar-refractivity contribution in [1.29, 1.82) is 0 Å². The van der Waals surface area contributed by atoms with Crippen molar-refractivity contribution in [2.45, 2.75) is 31.2 Å². The fraction of sp³-hybridized carbons (Fsp3) is 0.385. The summed E-state index contributed by atoms with van der Waals surface area (Å²) in [4.78, 5) is 4.32. The summed E-state index contributed by atoms with van der Waals surface area (Å²) in [5, 5.41) is 0. The van der Waals surface area contributed by atoms with Crippen LogP contribution in [0.25, 0.3) is 0 Å². The predicted molar refractivity (Wildman–Crippen MR) is 78.2 cm³/mol. The molecule has 2 N–H and O–H groups in total. The Labute approximate surface area is 116 Å². The number of thioether (sulfide) groups is 1. The van der Waals surface area contributed by atoms with E-state index in [1.807, 2.05) is 6.92 Å². The number of nitrogens with zero attached hydrogens (tertiary/aromatic N) is 2. The van der Waals surface area contributed by atoms with Crippen molar-refractivity contribution in [2.24, 2.45) is 5.73 Å². The molecular formula is C13H17N3S2. The molecule has 0 fully saturated rings. The minimum absolute atomic E-state index is 0.0403. The molecule has 1 aromatic carbocycles. The van der Waals surface area contributed by atoms with Gasteiger partial charge in [-0.15, -0.1) is 0 Å². The summed E-state index contributed by atoms with van der Waals surface area (Å²) in [6.45, 7) is 6.14. The van der Waals surface area contributed by atoms with E-state index in [-0.39, 0.29) is 6.04 Å². The predicted octanol–water partition coefficient (Wildman–Crippen LogP) is 3.26. The number of aromatic nitrogens is 2. The fourth-order valence-corrected chi connectivity index (χ4v) is 3.25. The summed E-state index contributed by atoms with van der Waals surface area (Å²) in [7, 11) is 0. The lowest BCUT2D eigenvalue weighted by atomic mass is 10.0. The third-order valence-corrected chi connectivity index (χ3v) is 4.90. The molecule has 0 saturated carbocycles. The molecule has 0 bridgehead atoms. The standard InChI is InChI=1S/C13H17N3S2/c1-8-4-5-11(6-9(8)2)12(14)7-17-13-15-10(3)16-18-13/h4-6,12H,7,14H2,1-3H3. The molecule has 1 heterocycles. The van der Waals surface area contributed by atoms with Crippen molar-refractivity contribution in [3.8, 4) is 0 Å². The fourth-order valence-electron chi connectivity index (χ4n) is 1.59. The molecule has 3 nitrogen and oxygen atoms in total. The Bertz CT molecular complexity index is 537. The van der Waals surface area contributed by atoms with Gasteiger partial charge in [0.1, 0.15) is 5.82 Å². The van der Waals surface area contributed by atoms with E-state index in [0.717, 1.165) is 15.9 Å². The summed E-state index contributed by atoms with van der Waals surface area (Å²) in [5.41, 5.74) is 9.99. The highest BCUT2D eigenvalue weighted by molar-refractivity contribution is 8.00. The zero-order chi connectivity index (χ0) is 13.1. The second-order valence-electron chi connectivity index (χ2n) is 4.37. The molecular weight excluding hydrogens is 262 g/mol. The average molecular weight is 279 g/mol. The van der Waals surface area contributed by atoms with Gasteiger partial charge in [0, 0.05) is 11.8 Å². The molecule has 96 valence electrons. The van der Waals surface area contributed by atoms with Crippen LogP contribution in [0.2, 0.25) is 0 Å². The van der Waals surface area contributed by atoms with Gasteiger partial charge in [-0.1, -0.05) is 30.0 Å². The van der Waals surface area contributed by atoms with Crippen LogP contribution in [-0.4, -0.2) is 15.1 Å². The molecule has 1 atom stereocenters. The van der Waals surface area contributed by atoms with E-state index in [1.165, 1.54) is 28.2 Å². The molecule has 0 saturated heterocycles. The Morgan fingerprint density at radius 3 is 2.67 bits per heavy atom. The molecule has 1 unspecified atom stereocenters. The maximum absolute atomic E-state index is 6.20. The Morgan fingerprint density at radius 2 is 2.06 bits per heavy atom. The molecule has 5 heteroatoms. The lowest BCUT2D eigenvalue weighted by Crippen LogP contribution is -2.13. The van der Waals surface area contributed by atoms with Crippen LogP contribution < -0.4 is 5.73 Å². The summed E-state index contributed by atoms with van der Waals surface area (Å²) in [5.74, 6) is 1.67. The van der Waals surface area contributed by atoms with E-state index in [4.69, 9.17) is 5.73 Å². The van der Waals surface area contributed by atoms with Gasteiger partial charge in [0.25, 0.3) is 0 Å². The maximum atomic E-state index is 6.20. The highest BCUT2D eigenvalue weighted by atomic mass is 32.2. The first-order valence-electron chi connectivity index (χ1n) is 5.82. The zero-order valence-corrected chi connectivity index (χ0v) is 12.4. The summed E-state index contributed by atoms with van der Waals surface area (Å²) in [6.07, 6.45) is 0. The molecule has 1 aromatic heterocycles. The summed E-state index contributed by atoms with van der Waals surface area (Å²) >= 11 is 3.11. The van der Waals surface area contributed by atoms with Crippen molar-refractivity contribution in [2.75, 3.05) is 5.75 Å². The minimum atomic E-state index is 0.0403. The molecule has 2 aromatic rings. The largest absolute Gasteiger partial charge is 0.323 e. The van der Waals surface area contributed by atoms with Crippen LogP contribution in [0, 0.1) is 20.8 Å². The molecule has 0 radical (unpaired) electrons. The van der Waals surface area contributed by atoms with E-state index in [9.17, 15) is 0 Å². The van der Waals surface area contributed by atoms with E-state index in [0.29, 0.717) is 0 Å². The lowest BCUT2D eigenvalue weighted by molar-refractivity contribution is 0.828. The highest BCUT2D eigenvalue weighted by Gasteiger charge is 2.09. The number of hydrogen-bond donors (Lipinski definition) is 1. The molecule has 0 aliphatic carbocycles. The van der Waals surface area contributed by atoms with E-state index >= 15 is 0 Å². The van der Waals surface area contributed by atoms with Gasteiger partial charge in [0.2, 0.25) is 0 Å². The number of benzene rings is 1. The van der Waals surface area contributed by atoms with Crippen LogP contribution in [-0.2, 0) is 0 Å². The zero-order valence-electron chi connectivity index (χ0n) is 10.8. The minimum Gasteiger partial charge on any atom is -0.323 e. The molecule has 0 amide bonds. The summed E-state index contributed by atoms with van der Waals surface area (Å²) < 4.78 is 5.15. The molecule has 2 rings (SSSR count). The van der Waals surface area contributed by atoms with Gasteiger partial charge >= 0.3 is 0 Å². The Kier molecular flexibility index (Phi) is 4.37. The molecule has 0 aliphatic rings. The Hall–Kier alpha value is -0.910. The van der Waals surface area contributed by atoms with Crippen LogP contribution in [0.15, 0.2) is 22.5 Å². The number of rotatable bonds is 4. The first kappa shape index (κ1) is 13.5. The van der Waals surface area contributed by atoms with Gasteiger partial charge in [-0.3, -0.25) is 0 Å². The first-order valence-corrected chi connectivity index (χ1v) is 7.58. The van der Waals surface area contributed by atoms with Crippen LogP contribution >= 0.6 is 23.3 Å². The smallest absolute Gasteiger partial charge is 0.170 e. The van der Waals surface area contributed by atoms with Crippen LogP contribution in [0.4, 0.5) is 0 Å². The van der Waals surface area contributed by atoms with E-state index in [1.54, 1.807) is 11.8 Å². The van der Waals surface area contributed by atoms with Crippen LogP contribution in [0.1, 0.15) is 28.6 Å². The average Bonchev–Trinajstić information content (AvgIpc) is 2.75. The molecule has 18 heavy (non-hydrogen) atoms. The maximum Gasteiger partial charge on any atom is 0.170 e. The van der Waals surface area contributed by atoms with Gasteiger partial charge in [-0.2, -0.15) is 4.37 Å². The van der Waals surface area contributed by atoms with Crippen LogP contribution in [0.3, 0.4) is 0 Å². The second kappa shape index (κ2) is 5.82. The van der Waals surface area contributed by atoms with Gasteiger partial charge < -0.3 is 5.73 Å². The topological polar surface area (TPSA) is 51.8 Å².